The van der Waals surface area contributed by atoms with E-state index in [9.17, 15) is 0 Å². The van der Waals surface area contributed by atoms with E-state index < -0.39 is 0 Å². The van der Waals surface area contributed by atoms with Crippen LogP contribution in [0, 0.1) is 16.7 Å². The van der Waals surface area contributed by atoms with Crippen LogP contribution in [0.1, 0.15) is 39.3 Å². The van der Waals surface area contributed by atoms with E-state index in [4.69, 9.17) is 11.1 Å². The quantitative estimate of drug-likeness (QED) is 0.630. The molecule has 0 spiro atoms. The fourth-order valence-electron chi connectivity index (χ4n) is 2.60. The fraction of sp³-hybridized carbons (Fsp3) is 0.643. The first-order chi connectivity index (χ1) is 8.88. The predicted molar refractivity (Wildman–Crippen MR) is 77.4 cm³/mol. The van der Waals surface area contributed by atoms with Gasteiger partial charge in [-0.2, -0.15) is 0 Å². The van der Waals surface area contributed by atoms with Gasteiger partial charge in [-0.05, 0) is 24.2 Å². The summed E-state index contributed by atoms with van der Waals surface area (Å²) in [6.07, 6.45) is 5.68. The van der Waals surface area contributed by atoms with Gasteiger partial charge in [0.2, 0.25) is 0 Å². The van der Waals surface area contributed by atoms with Crippen molar-refractivity contribution >= 4 is 11.7 Å². The number of nitrogens with two attached hydrogens (primary N) is 1. The molecule has 5 heteroatoms. The maximum atomic E-state index is 7.31. The Hall–Kier alpha value is -1.65. The average molecular weight is 261 g/mol. The van der Waals surface area contributed by atoms with Gasteiger partial charge in [0.25, 0.3) is 0 Å². The van der Waals surface area contributed by atoms with Crippen molar-refractivity contribution in [3.05, 3.63) is 18.1 Å². The Kier molecular flexibility index (Phi) is 3.73. The molecule has 19 heavy (non-hydrogen) atoms. The molecule has 0 saturated carbocycles. The Morgan fingerprint density at radius 3 is 2.32 bits per heavy atom. The van der Waals surface area contributed by atoms with Crippen molar-refractivity contribution in [1.82, 2.24) is 9.97 Å². The third kappa shape index (κ3) is 3.22. The van der Waals surface area contributed by atoms with Crippen LogP contribution in [-0.2, 0) is 0 Å². The summed E-state index contributed by atoms with van der Waals surface area (Å²) in [6.45, 7) is 8.99. The lowest BCUT2D eigenvalue weighted by molar-refractivity contribution is 0.198. The maximum Gasteiger partial charge on any atom is 0.147 e. The van der Waals surface area contributed by atoms with Crippen LogP contribution in [0.15, 0.2) is 12.4 Å². The van der Waals surface area contributed by atoms with Crippen molar-refractivity contribution in [2.24, 2.45) is 17.1 Å². The molecule has 1 aromatic heterocycles. The van der Waals surface area contributed by atoms with Gasteiger partial charge in [-0.25, -0.2) is 9.97 Å². The van der Waals surface area contributed by atoms with Gasteiger partial charge >= 0.3 is 0 Å². The van der Waals surface area contributed by atoms with Crippen LogP contribution in [0.3, 0.4) is 0 Å². The molecule has 1 aromatic rings. The zero-order valence-electron chi connectivity index (χ0n) is 12.0. The van der Waals surface area contributed by atoms with E-state index >= 15 is 0 Å². The van der Waals surface area contributed by atoms with E-state index in [1.807, 2.05) is 0 Å². The Balaban J connectivity index is 2.00. The molecule has 1 fully saturated rings. The zero-order valence-corrected chi connectivity index (χ0v) is 12.0. The molecule has 0 bridgehead atoms. The monoisotopic (exact) mass is 261 g/mol. The minimum Gasteiger partial charge on any atom is -0.382 e. The molecule has 0 aromatic carbocycles. The molecule has 0 atom stereocenters. The van der Waals surface area contributed by atoms with E-state index in [2.05, 4.69) is 35.6 Å². The summed E-state index contributed by atoms with van der Waals surface area (Å²) in [5, 5.41) is 7.31. The van der Waals surface area contributed by atoms with Crippen LogP contribution in [-0.4, -0.2) is 28.9 Å². The number of hydrogen-bond donors (Lipinski definition) is 2. The van der Waals surface area contributed by atoms with E-state index in [-0.39, 0.29) is 5.84 Å². The minimum atomic E-state index is -0.0366. The van der Waals surface area contributed by atoms with Crippen molar-refractivity contribution in [1.29, 1.82) is 5.41 Å². The van der Waals surface area contributed by atoms with Crippen molar-refractivity contribution in [2.75, 3.05) is 18.0 Å². The van der Waals surface area contributed by atoms with Gasteiger partial charge in [-0.3, -0.25) is 5.41 Å². The highest BCUT2D eigenvalue weighted by molar-refractivity contribution is 5.92. The van der Waals surface area contributed by atoms with Gasteiger partial charge in [0.15, 0.2) is 0 Å². The number of anilines is 1. The summed E-state index contributed by atoms with van der Waals surface area (Å²) in [6, 6.07) is 0. The Morgan fingerprint density at radius 2 is 1.89 bits per heavy atom. The molecule has 104 valence electrons. The largest absolute Gasteiger partial charge is 0.382 e. The van der Waals surface area contributed by atoms with Crippen LogP contribution in [0.25, 0.3) is 0 Å². The first kappa shape index (κ1) is 13.8. The van der Waals surface area contributed by atoms with Gasteiger partial charge in [0.05, 0.1) is 12.4 Å². The van der Waals surface area contributed by atoms with E-state index in [1.54, 1.807) is 12.4 Å². The van der Waals surface area contributed by atoms with Crippen LogP contribution >= 0.6 is 0 Å². The average Bonchev–Trinajstić information content (AvgIpc) is 2.38. The number of nitrogen functional groups attached to an aromatic ring is 1. The molecule has 3 N–H and O–H groups in total. The van der Waals surface area contributed by atoms with Crippen LogP contribution in [0.4, 0.5) is 5.82 Å². The van der Waals surface area contributed by atoms with Crippen LogP contribution in [0.5, 0.6) is 0 Å². The fourth-order valence-corrected chi connectivity index (χ4v) is 2.60. The van der Waals surface area contributed by atoms with Gasteiger partial charge in [0, 0.05) is 13.1 Å². The number of piperidine rings is 1. The molecule has 5 nitrogen and oxygen atoms in total. The first-order valence-corrected chi connectivity index (χ1v) is 6.79. The van der Waals surface area contributed by atoms with Gasteiger partial charge in [0.1, 0.15) is 17.3 Å². The van der Waals surface area contributed by atoms with E-state index in [0.717, 1.165) is 24.8 Å². The molecule has 1 aliphatic rings. The second kappa shape index (κ2) is 5.15. The zero-order chi connectivity index (χ0) is 14.0. The normalized spacial score (nSPS) is 17.5. The first-order valence-electron chi connectivity index (χ1n) is 6.79. The number of hydrogen-bond acceptors (Lipinski definition) is 4. The third-order valence-corrected chi connectivity index (χ3v) is 3.96. The van der Waals surface area contributed by atoms with Crippen LogP contribution < -0.4 is 10.6 Å². The summed E-state index contributed by atoms with van der Waals surface area (Å²) in [4.78, 5) is 10.8. The molecule has 0 amide bonds. The molecule has 2 rings (SSSR count). The van der Waals surface area contributed by atoms with Crippen molar-refractivity contribution in [2.45, 2.75) is 33.6 Å². The van der Waals surface area contributed by atoms with E-state index in [1.165, 1.54) is 12.8 Å². The summed E-state index contributed by atoms with van der Waals surface area (Å²) in [5.74, 6) is 1.62. The molecule has 1 saturated heterocycles. The van der Waals surface area contributed by atoms with Gasteiger partial charge < -0.3 is 10.6 Å². The highest BCUT2D eigenvalue weighted by Gasteiger charge is 2.29. The number of nitrogens with zero attached hydrogens (tertiary/aromatic N) is 3. The second-order valence-electron chi connectivity index (χ2n) is 6.30. The Labute approximate surface area is 114 Å². The second-order valence-corrected chi connectivity index (χ2v) is 6.30. The lowest BCUT2D eigenvalue weighted by Gasteiger charge is -2.39. The number of rotatable bonds is 2. The number of aromatic nitrogens is 2. The van der Waals surface area contributed by atoms with Gasteiger partial charge in [-0.15, -0.1) is 0 Å². The molecule has 0 unspecified atom stereocenters. The Bertz CT molecular complexity index is 438. The lowest BCUT2D eigenvalue weighted by Crippen LogP contribution is -2.38. The minimum absolute atomic E-state index is 0.0366. The van der Waals surface area contributed by atoms with Gasteiger partial charge in [-0.1, -0.05) is 20.8 Å². The lowest BCUT2D eigenvalue weighted by atomic mass is 9.75. The molecule has 0 radical (unpaired) electrons. The highest BCUT2D eigenvalue weighted by Crippen LogP contribution is 2.34. The van der Waals surface area contributed by atoms with Crippen molar-refractivity contribution in [3.63, 3.8) is 0 Å². The molecule has 0 aliphatic carbocycles. The molecule has 1 aliphatic heterocycles. The Morgan fingerprint density at radius 1 is 1.26 bits per heavy atom. The van der Waals surface area contributed by atoms with E-state index in [0.29, 0.717) is 11.1 Å². The summed E-state index contributed by atoms with van der Waals surface area (Å²) >= 11 is 0. The number of amidine groups is 1. The maximum absolute atomic E-state index is 7.31. The summed E-state index contributed by atoms with van der Waals surface area (Å²) < 4.78 is 0. The van der Waals surface area contributed by atoms with Crippen molar-refractivity contribution in [3.8, 4) is 0 Å². The SMILES string of the molecule is CC(C)(C)C1CCN(c2cnc(C(=N)N)cn2)CC1. The third-order valence-electron chi connectivity index (χ3n) is 3.96. The molecule has 2 heterocycles. The smallest absolute Gasteiger partial charge is 0.147 e. The topological polar surface area (TPSA) is 78.9 Å². The predicted octanol–water partition coefficient (Wildman–Crippen LogP) is 2.02. The highest BCUT2D eigenvalue weighted by atomic mass is 15.2. The molecular weight excluding hydrogens is 238 g/mol. The summed E-state index contributed by atoms with van der Waals surface area (Å²) in [7, 11) is 0. The molecular formula is C14H23N5. The number of nitrogens with one attached hydrogen (secondary N) is 1. The summed E-state index contributed by atoms with van der Waals surface area (Å²) in [5.41, 5.74) is 6.20. The standard InChI is InChI=1S/C14H23N5/c1-14(2,3)10-4-6-19(7-5-10)12-9-17-11(8-18-12)13(15)16/h8-10H,4-7H2,1-3H3,(H3,15,16). The van der Waals surface area contributed by atoms with Crippen molar-refractivity contribution < 1.29 is 0 Å². The van der Waals surface area contributed by atoms with Crippen LogP contribution in [0.2, 0.25) is 0 Å².